The summed E-state index contributed by atoms with van der Waals surface area (Å²) in [6.45, 7) is 1.95. The second kappa shape index (κ2) is 10.2. The van der Waals surface area contributed by atoms with Crippen molar-refractivity contribution in [3.63, 3.8) is 0 Å². The number of hydrogen-bond acceptors (Lipinski definition) is 4. The Hall–Kier alpha value is -3.57. The Balaban J connectivity index is 0.00000289. The minimum Gasteiger partial charge on any atom is -0.493 e. The van der Waals surface area contributed by atoms with Crippen molar-refractivity contribution in [1.29, 1.82) is 0 Å². The summed E-state index contributed by atoms with van der Waals surface area (Å²) in [7, 11) is 3.20. The average Bonchev–Trinajstić information content (AvgIpc) is 2.83. The van der Waals surface area contributed by atoms with Crippen LogP contribution in [0.2, 0.25) is 0 Å². The molecule has 0 saturated carbocycles. The number of hydrogen-bond donors (Lipinski definition) is 1. The zero-order valence-electron chi connectivity index (χ0n) is 18.2. The largest absolute Gasteiger partial charge is 0.493 e. The smallest absolute Gasteiger partial charge is 0.252 e. The Morgan fingerprint density at radius 1 is 0.875 bits per heavy atom. The first kappa shape index (κ1) is 23.1. The third-order valence-corrected chi connectivity index (χ3v) is 5.29. The number of methoxy groups -OCH3 is 2. The topological polar surface area (TPSA) is 60.5 Å². The molecule has 32 heavy (non-hydrogen) atoms. The molecule has 0 aliphatic heterocycles. The monoisotopic (exact) mass is 448 g/mol. The van der Waals surface area contributed by atoms with Crippen LogP contribution in [0.4, 0.5) is 0 Å². The van der Waals surface area contributed by atoms with Crippen LogP contribution in [0.1, 0.15) is 28.9 Å². The summed E-state index contributed by atoms with van der Waals surface area (Å²) in [5.41, 5.74) is 4.04. The summed E-state index contributed by atoms with van der Waals surface area (Å²) < 4.78 is 10.7. The molecule has 1 aromatic heterocycles. The van der Waals surface area contributed by atoms with E-state index in [9.17, 15) is 4.79 Å². The molecule has 4 aromatic rings. The summed E-state index contributed by atoms with van der Waals surface area (Å²) in [6.07, 6.45) is 0. The Bertz CT molecular complexity index is 1230. The van der Waals surface area contributed by atoms with Gasteiger partial charge in [-0.25, -0.2) is 4.98 Å². The maximum atomic E-state index is 13.3. The van der Waals surface area contributed by atoms with Crippen LogP contribution in [0, 0.1) is 0 Å². The van der Waals surface area contributed by atoms with Crippen LogP contribution in [0.5, 0.6) is 11.5 Å². The predicted molar refractivity (Wildman–Crippen MR) is 130 cm³/mol. The number of nitrogens with one attached hydrogen (secondary N) is 1. The Morgan fingerprint density at radius 3 is 2.28 bits per heavy atom. The first-order chi connectivity index (χ1) is 15.1. The highest BCUT2D eigenvalue weighted by molar-refractivity contribution is 6.07. The van der Waals surface area contributed by atoms with E-state index in [2.05, 4.69) is 5.32 Å². The molecule has 1 amide bonds. The fraction of sp³-hybridized carbons (Fsp3) is 0.154. The van der Waals surface area contributed by atoms with Gasteiger partial charge in [0.15, 0.2) is 11.5 Å². The molecule has 0 bridgehead atoms. The first-order valence-electron chi connectivity index (χ1n) is 10.1. The zero-order valence-corrected chi connectivity index (χ0v) is 19.0. The quantitative estimate of drug-likeness (QED) is 0.403. The number of rotatable bonds is 6. The third kappa shape index (κ3) is 4.68. The molecular weight excluding hydrogens is 424 g/mol. The van der Waals surface area contributed by atoms with Crippen LogP contribution in [0.25, 0.3) is 22.2 Å². The van der Waals surface area contributed by atoms with Gasteiger partial charge in [0.05, 0.1) is 37.0 Å². The number of carbonyl (C=O) groups is 1. The number of halogens is 1. The Morgan fingerprint density at radius 2 is 1.56 bits per heavy atom. The van der Waals surface area contributed by atoms with E-state index in [0.29, 0.717) is 17.1 Å². The van der Waals surface area contributed by atoms with E-state index in [1.165, 1.54) is 0 Å². The molecule has 1 heterocycles. The van der Waals surface area contributed by atoms with Crippen molar-refractivity contribution in [1.82, 2.24) is 10.3 Å². The van der Waals surface area contributed by atoms with Crippen molar-refractivity contribution in [2.24, 2.45) is 0 Å². The van der Waals surface area contributed by atoms with Gasteiger partial charge in [-0.1, -0.05) is 54.6 Å². The van der Waals surface area contributed by atoms with Crippen LogP contribution in [0.3, 0.4) is 0 Å². The third-order valence-electron chi connectivity index (χ3n) is 5.29. The molecule has 6 heteroatoms. The molecule has 5 nitrogen and oxygen atoms in total. The lowest BCUT2D eigenvalue weighted by molar-refractivity contribution is 0.0941. The highest BCUT2D eigenvalue weighted by Gasteiger charge is 2.17. The van der Waals surface area contributed by atoms with Gasteiger partial charge in [-0.05, 0) is 36.8 Å². The second-order valence-electron chi connectivity index (χ2n) is 7.25. The molecule has 4 rings (SSSR count). The normalized spacial score (nSPS) is 11.3. The van der Waals surface area contributed by atoms with Gasteiger partial charge in [0.2, 0.25) is 0 Å². The van der Waals surface area contributed by atoms with Gasteiger partial charge < -0.3 is 14.8 Å². The number of carbonyl (C=O) groups excluding carboxylic acids is 1. The van der Waals surface area contributed by atoms with E-state index < -0.39 is 0 Å². The molecule has 0 fully saturated rings. The van der Waals surface area contributed by atoms with E-state index in [1.807, 2.05) is 85.8 Å². The molecule has 0 aliphatic rings. The number of pyridine rings is 1. The molecular formula is C26H25ClN2O3. The van der Waals surface area contributed by atoms with Gasteiger partial charge in [-0.2, -0.15) is 0 Å². The molecule has 0 spiro atoms. The van der Waals surface area contributed by atoms with E-state index in [1.54, 1.807) is 14.2 Å². The summed E-state index contributed by atoms with van der Waals surface area (Å²) in [4.78, 5) is 18.1. The predicted octanol–water partition coefficient (Wildman–Crippen LogP) is 5.83. The molecule has 0 radical (unpaired) electrons. The summed E-state index contributed by atoms with van der Waals surface area (Å²) in [5, 5.41) is 3.93. The number of nitrogens with zero attached hydrogens (tertiary/aromatic N) is 1. The number of fused-ring (bicyclic) bond motifs is 1. The fourth-order valence-corrected chi connectivity index (χ4v) is 3.60. The van der Waals surface area contributed by atoms with Crippen molar-refractivity contribution in [2.75, 3.05) is 14.2 Å². The molecule has 1 unspecified atom stereocenters. The van der Waals surface area contributed by atoms with E-state index in [4.69, 9.17) is 14.5 Å². The van der Waals surface area contributed by atoms with Gasteiger partial charge in [-0.15, -0.1) is 12.4 Å². The summed E-state index contributed by atoms with van der Waals surface area (Å²) in [6, 6.07) is 24.8. The van der Waals surface area contributed by atoms with Crippen molar-refractivity contribution in [3.8, 4) is 22.8 Å². The van der Waals surface area contributed by atoms with Crippen LogP contribution >= 0.6 is 12.4 Å². The minimum absolute atomic E-state index is 0. The molecule has 3 aromatic carbocycles. The SMILES string of the molecule is COc1ccc(C(C)NC(=O)c2cc(-c3ccccc3)nc3ccccc23)cc1OC.Cl. The van der Waals surface area contributed by atoms with Crippen molar-refractivity contribution in [3.05, 3.63) is 90.0 Å². The number of para-hydroxylation sites is 1. The number of benzene rings is 3. The van der Waals surface area contributed by atoms with Gasteiger partial charge in [0.1, 0.15) is 0 Å². The minimum atomic E-state index is -0.223. The highest BCUT2D eigenvalue weighted by atomic mass is 35.5. The van der Waals surface area contributed by atoms with Crippen LogP contribution < -0.4 is 14.8 Å². The van der Waals surface area contributed by atoms with Crippen LogP contribution in [0.15, 0.2) is 78.9 Å². The van der Waals surface area contributed by atoms with Gasteiger partial charge in [-0.3, -0.25) is 4.79 Å². The Labute approximate surface area is 193 Å². The molecule has 1 N–H and O–H groups in total. The second-order valence-corrected chi connectivity index (χ2v) is 7.25. The van der Waals surface area contributed by atoms with Gasteiger partial charge in [0, 0.05) is 10.9 Å². The van der Waals surface area contributed by atoms with Crippen molar-refractivity contribution >= 4 is 29.2 Å². The lowest BCUT2D eigenvalue weighted by Gasteiger charge is -2.17. The molecule has 1 atom stereocenters. The zero-order chi connectivity index (χ0) is 21.8. The average molecular weight is 449 g/mol. The first-order valence-corrected chi connectivity index (χ1v) is 10.1. The lowest BCUT2D eigenvalue weighted by atomic mass is 10.0. The maximum Gasteiger partial charge on any atom is 0.252 e. The fourth-order valence-electron chi connectivity index (χ4n) is 3.60. The standard InChI is InChI=1S/C26H24N2O3.ClH/c1-17(19-13-14-24(30-2)25(15-19)31-3)27-26(29)21-16-23(18-9-5-4-6-10-18)28-22-12-8-7-11-20(21)22;/h4-17H,1-3H3,(H,27,29);1H. The molecule has 164 valence electrons. The summed E-state index contributed by atoms with van der Waals surface area (Å²) >= 11 is 0. The highest BCUT2D eigenvalue weighted by Crippen LogP contribution is 2.30. The maximum absolute atomic E-state index is 13.3. The number of ether oxygens (including phenoxy) is 2. The lowest BCUT2D eigenvalue weighted by Crippen LogP contribution is -2.27. The van der Waals surface area contributed by atoms with Crippen molar-refractivity contribution < 1.29 is 14.3 Å². The Kier molecular flexibility index (Phi) is 7.33. The van der Waals surface area contributed by atoms with Gasteiger partial charge in [0.25, 0.3) is 5.91 Å². The van der Waals surface area contributed by atoms with Gasteiger partial charge >= 0.3 is 0 Å². The van der Waals surface area contributed by atoms with E-state index >= 15 is 0 Å². The number of amides is 1. The number of aromatic nitrogens is 1. The van der Waals surface area contributed by atoms with E-state index in [-0.39, 0.29) is 24.4 Å². The van der Waals surface area contributed by atoms with Crippen LogP contribution in [-0.4, -0.2) is 25.1 Å². The van der Waals surface area contributed by atoms with E-state index in [0.717, 1.165) is 27.7 Å². The summed E-state index contributed by atoms with van der Waals surface area (Å²) in [5.74, 6) is 1.12. The molecule has 0 saturated heterocycles. The van der Waals surface area contributed by atoms with Crippen LogP contribution in [-0.2, 0) is 0 Å². The van der Waals surface area contributed by atoms with Crippen molar-refractivity contribution in [2.45, 2.75) is 13.0 Å². The molecule has 0 aliphatic carbocycles.